The van der Waals surface area contributed by atoms with Crippen LogP contribution in [0.2, 0.25) is 0 Å². The Morgan fingerprint density at radius 2 is 0.617 bits per heavy atom. The molecule has 2 heteroatoms. The van der Waals surface area contributed by atoms with E-state index < -0.39 is 0 Å². The molecule has 0 saturated heterocycles. The molecule has 0 atom stereocenters. The highest BCUT2D eigenvalue weighted by atomic mass is 15.1. The molecule has 15 rings (SSSR count). The van der Waals surface area contributed by atoms with Gasteiger partial charge in [-0.1, -0.05) is 216 Å². The lowest BCUT2D eigenvalue weighted by Gasteiger charge is -2.29. The summed E-state index contributed by atoms with van der Waals surface area (Å²) in [7, 11) is 0. The van der Waals surface area contributed by atoms with Gasteiger partial charge in [0, 0.05) is 34.1 Å². The molecule has 0 saturated carbocycles. The molecule has 0 spiro atoms. The smallest absolute Gasteiger partial charge is 0.0468 e. The Balaban J connectivity index is 1.08. The zero-order valence-corrected chi connectivity index (χ0v) is 47.1. The molecule has 0 N–H and O–H groups in total. The molecular formula is C79H62N2. The number of benzene rings is 13. The fourth-order valence-electron chi connectivity index (χ4n) is 13.5. The first-order chi connectivity index (χ1) is 39.5. The molecule has 2 aliphatic rings. The Morgan fingerprint density at radius 1 is 0.284 bits per heavy atom. The Kier molecular flexibility index (Phi) is 11.1. The standard InChI is InChI=1S/C79H62N2/c1-48(2)51-26-34-55(35-27-51)80(53-30-22-49(3)23-31-53)57-38-40-71-73(46-57)77(69-44-42-67-61-16-10-8-14-59(61)63-18-12-20-65(69)75(63)67)72-41-39-58(81(54-32-24-50(4)25-33-54)56-36-28-52(29-37-56)79(5,6)7)47-74(72)78(71)70-45-43-68-62-17-11-9-15-60(62)64-19-13-21-66(70)76(64)68/h8-48H,1-7H3. The lowest BCUT2D eigenvalue weighted by Crippen LogP contribution is -2.13. The number of anilines is 6. The summed E-state index contributed by atoms with van der Waals surface area (Å²) in [5.41, 5.74) is 27.1. The van der Waals surface area contributed by atoms with Gasteiger partial charge in [-0.05, 0) is 219 Å². The van der Waals surface area contributed by atoms with Gasteiger partial charge in [0.1, 0.15) is 0 Å². The molecule has 0 aliphatic heterocycles. The summed E-state index contributed by atoms with van der Waals surface area (Å²) in [5.74, 6) is 0.422. The van der Waals surface area contributed by atoms with Crippen molar-refractivity contribution in [1.29, 1.82) is 0 Å². The van der Waals surface area contributed by atoms with Crippen molar-refractivity contribution in [1.82, 2.24) is 0 Å². The maximum absolute atomic E-state index is 2.50. The van der Waals surface area contributed by atoms with E-state index in [0.717, 1.165) is 34.1 Å². The number of fused-ring (bicyclic) bond motifs is 8. The first-order valence-corrected chi connectivity index (χ1v) is 28.8. The minimum Gasteiger partial charge on any atom is -0.310 e. The zero-order valence-electron chi connectivity index (χ0n) is 47.1. The van der Waals surface area contributed by atoms with Crippen molar-refractivity contribution < 1.29 is 0 Å². The van der Waals surface area contributed by atoms with Gasteiger partial charge in [-0.25, -0.2) is 0 Å². The molecule has 0 aromatic heterocycles. The maximum Gasteiger partial charge on any atom is 0.0468 e. The maximum atomic E-state index is 2.50. The SMILES string of the molecule is Cc1ccc(N(c2ccc(C(C)C)cc2)c2ccc3c(-c4ccc5c6c(cccc46)-c4ccccc4-5)c4cc(N(c5ccc(C)cc5)c5ccc(C(C)(C)C)cc5)ccc4c(-c4ccc5c6c(cccc46)-c4ccccc4-5)c3c2)cc1. The fraction of sp³-hybridized carbons (Fsp3) is 0.114. The van der Waals surface area contributed by atoms with Gasteiger partial charge in [0.05, 0.1) is 0 Å². The summed E-state index contributed by atoms with van der Waals surface area (Å²) in [6.45, 7) is 15.8. The lowest BCUT2D eigenvalue weighted by atomic mass is 9.82. The first-order valence-electron chi connectivity index (χ1n) is 28.8. The van der Waals surface area contributed by atoms with Gasteiger partial charge in [0.15, 0.2) is 0 Å². The second-order valence-corrected chi connectivity index (χ2v) is 24.0. The predicted molar refractivity (Wildman–Crippen MR) is 348 cm³/mol. The number of rotatable bonds is 9. The largest absolute Gasteiger partial charge is 0.310 e. The molecule has 13 aromatic carbocycles. The molecule has 81 heavy (non-hydrogen) atoms. The second-order valence-electron chi connectivity index (χ2n) is 24.0. The van der Waals surface area contributed by atoms with Crippen LogP contribution in [0.4, 0.5) is 34.1 Å². The molecule has 0 amide bonds. The highest BCUT2D eigenvalue weighted by Gasteiger charge is 2.29. The van der Waals surface area contributed by atoms with Crippen LogP contribution in [0.15, 0.2) is 243 Å². The predicted octanol–water partition coefficient (Wildman–Crippen LogP) is 22.9. The van der Waals surface area contributed by atoms with Crippen LogP contribution >= 0.6 is 0 Å². The van der Waals surface area contributed by atoms with Crippen LogP contribution in [0.25, 0.3) is 110 Å². The van der Waals surface area contributed by atoms with E-state index in [0.29, 0.717) is 5.92 Å². The van der Waals surface area contributed by atoms with Crippen molar-refractivity contribution in [3.05, 3.63) is 265 Å². The van der Waals surface area contributed by atoms with Crippen LogP contribution in [0.5, 0.6) is 0 Å². The van der Waals surface area contributed by atoms with Crippen molar-refractivity contribution in [3.8, 4) is 66.8 Å². The van der Waals surface area contributed by atoms with Gasteiger partial charge in [-0.2, -0.15) is 0 Å². The molecule has 2 aliphatic carbocycles. The molecule has 0 heterocycles. The number of hydrogen-bond donors (Lipinski definition) is 0. The quantitative estimate of drug-likeness (QED) is 0.133. The topological polar surface area (TPSA) is 6.48 Å². The molecule has 2 nitrogen and oxygen atoms in total. The zero-order chi connectivity index (χ0) is 54.8. The monoisotopic (exact) mass is 1040 g/mol. The van der Waals surface area contributed by atoms with Crippen LogP contribution in [-0.2, 0) is 5.41 Å². The summed E-state index contributed by atoms with van der Waals surface area (Å²) in [5, 5.41) is 9.97. The van der Waals surface area contributed by atoms with Gasteiger partial charge >= 0.3 is 0 Å². The van der Waals surface area contributed by atoms with E-state index in [4.69, 9.17) is 0 Å². The third-order valence-electron chi connectivity index (χ3n) is 17.6. The van der Waals surface area contributed by atoms with E-state index in [2.05, 4.69) is 301 Å². The summed E-state index contributed by atoms with van der Waals surface area (Å²) in [6, 6.07) is 92.5. The summed E-state index contributed by atoms with van der Waals surface area (Å²) in [4.78, 5) is 4.90. The summed E-state index contributed by atoms with van der Waals surface area (Å²) in [6.07, 6.45) is 0. The van der Waals surface area contributed by atoms with E-state index in [1.807, 2.05) is 0 Å². The van der Waals surface area contributed by atoms with Crippen molar-refractivity contribution in [2.45, 2.75) is 59.8 Å². The Labute approximate surface area is 475 Å². The van der Waals surface area contributed by atoms with Gasteiger partial charge in [0.2, 0.25) is 0 Å². The van der Waals surface area contributed by atoms with Crippen LogP contribution in [-0.4, -0.2) is 0 Å². The molecule has 13 aromatic rings. The second kappa shape index (κ2) is 18.5. The van der Waals surface area contributed by atoms with Gasteiger partial charge < -0.3 is 9.80 Å². The van der Waals surface area contributed by atoms with Crippen LogP contribution in [0.3, 0.4) is 0 Å². The van der Waals surface area contributed by atoms with Gasteiger partial charge in [-0.15, -0.1) is 0 Å². The normalized spacial score (nSPS) is 12.2. The van der Waals surface area contributed by atoms with Crippen molar-refractivity contribution >= 4 is 77.2 Å². The van der Waals surface area contributed by atoms with Crippen molar-refractivity contribution in [3.63, 3.8) is 0 Å². The third-order valence-corrected chi connectivity index (χ3v) is 17.6. The van der Waals surface area contributed by atoms with E-state index >= 15 is 0 Å². The first kappa shape index (κ1) is 48.6. The minimum atomic E-state index is 0.0182. The van der Waals surface area contributed by atoms with E-state index in [1.54, 1.807) is 0 Å². The van der Waals surface area contributed by atoms with Crippen molar-refractivity contribution in [2.24, 2.45) is 0 Å². The summed E-state index contributed by atoms with van der Waals surface area (Å²) >= 11 is 0. The number of hydrogen-bond acceptors (Lipinski definition) is 2. The van der Waals surface area contributed by atoms with Gasteiger partial charge in [0.25, 0.3) is 0 Å². The third kappa shape index (κ3) is 7.76. The molecule has 0 fully saturated rings. The molecule has 388 valence electrons. The van der Waals surface area contributed by atoms with Crippen LogP contribution in [0.1, 0.15) is 62.8 Å². The average Bonchev–Trinajstić information content (AvgIpc) is 4.11. The average molecular weight is 1040 g/mol. The molecule has 0 bridgehead atoms. The van der Waals surface area contributed by atoms with E-state index in [9.17, 15) is 0 Å². The molecular weight excluding hydrogens is 977 g/mol. The Hall–Kier alpha value is -9.50. The Morgan fingerprint density at radius 3 is 1.00 bits per heavy atom. The molecule has 0 radical (unpaired) electrons. The highest BCUT2D eigenvalue weighted by molar-refractivity contribution is 6.30. The minimum absolute atomic E-state index is 0.0182. The lowest BCUT2D eigenvalue weighted by molar-refractivity contribution is 0.590. The van der Waals surface area contributed by atoms with Crippen molar-refractivity contribution in [2.75, 3.05) is 9.80 Å². The van der Waals surface area contributed by atoms with Crippen LogP contribution in [0, 0.1) is 13.8 Å². The molecule has 0 unspecified atom stereocenters. The number of nitrogens with zero attached hydrogens (tertiary/aromatic N) is 2. The Bertz CT molecular complexity index is 4630. The van der Waals surface area contributed by atoms with Crippen LogP contribution < -0.4 is 9.80 Å². The number of aryl methyl sites for hydroxylation is 2. The van der Waals surface area contributed by atoms with E-state index in [-0.39, 0.29) is 5.41 Å². The fourth-order valence-corrected chi connectivity index (χ4v) is 13.5. The van der Waals surface area contributed by atoms with Gasteiger partial charge in [-0.3, -0.25) is 0 Å². The highest BCUT2D eigenvalue weighted by Crippen LogP contribution is 2.56. The summed E-state index contributed by atoms with van der Waals surface area (Å²) < 4.78 is 0. The van der Waals surface area contributed by atoms with E-state index in [1.165, 1.54) is 132 Å².